The van der Waals surface area contributed by atoms with Crippen LogP contribution in [0.15, 0.2) is 22.7 Å². The summed E-state index contributed by atoms with van der Waals surface area (Å²) in [6.07, 6.45) is 0.801. The fourth-order valence-corrected chi connectivity index (χ4v) is 1.85. The molecule has 92 valence electrons. The molecule has 0 saturated heterocycles. The van der Waals surface area contributed by atoms with Gasteiger partial charge in [0.25, 0.3) is 0 Å². The lowest BCUT2D eigenvalue weighted by molar-refractivity contribution is -0.145. The summed E-state index contributed by atoms with van der Waals surface area (Å²) in [4.78, 5) is 21.8. The molecule has 0 aliphatic heterocycles. The van der Waals surface area contributed by atoms with Crippen molar-refractivity contribution in [3.63, 3.8) is 0 Å². The number of rotatable bonds is 6. The molecule has 5 heteroatoms. The fraction of sp³-hybridized carbons (Fsp3) is 0.333. The minimum atomic E-state index is -1.03. The quantitative estimate of drug-likeness (QED) is 0.821. The Labute approximate surface area is 108 Å². The summed E-state index contributed by atoms with van der Waals surface area (Å²) in [5, 5.41) is 8.99. The lowest BCUT2D eigenvalue weighted by Gasteiger charge is -2.16. The number of hydrogen-bond acceptors (Lipinski definition) is 3. The van der Waals surface area contributed by atoms with Gasteiger partial charge in [0.15, 0.2) is 12.4 Å². The van der Waals surface area contributed by atoms with E-state index < -0.39 is 12.1 Å². The number of aliphatic carboxylic acids is 1. The van der Waals surface area contributed by atoms with Crippen LogP contribution in [0.4, 0.5) is 0 Å². The highest BCUT2D eigenvalue weighted by atomic mass is 79.9. The maximum Gasteiger partial charge on any atom is 0.344 e. The number of para-hydroxylation sites is 1. The van der Waals surface area contributed by atoms with E-state index >= 15 is 0 Å². The van der Waals surface area contributed by atoms with Crippen LogP contribution in [0.5, 0.6) is 5.75 Å². The molecule has 0 amide bonds. The lowest BCUT2D eigenvalue weighted by Crippen LogP contribution is -2.27. The number of aldehydes is 1. The van der Waals surface area contributed by atoms with Crippen molar-refractivity contribution in [1.29, 1.82) is 0 Å². The van der Waals surface area contributed by atoms with E-state index in [1.54, 1.807) is 18.2 Å². The van der Waals surface area contributed by atoms with E-state index in [0.29, 0.717) is 29.2 Å². The first kappa shape index (κ1) is 13.7. The number of hydrogen-bond donors (Lipinski definition) is 1. The molecular weight excluding hydrogens is 288 g/mol. The second-order valence-electron chi connectivity index (χ2n) is 3.51. The van der Waals surface area contributed by atoms with Crippen LogP contribution in [0.25, 0.3) is 0 Å². The topological polar surface area (TPSA) is 63.6 Å². The van der Waals surface area contributed by atoms with E-state index in [2.05, 4.69) is 15.9 Å². The van der Waals surface area contributed by atoms with Gasteiger partial charge < -0.3 is 9.84 Å². The lowest BCUT2D eigenvalue weighted by atomic mass is 10.2. The number of carboxylic acid groups (broad SMARTS) is 1. The Balaban J connectivity index is 2.99. The van der Waals surface area contributed by atoms with E-state index in [1.807, 2.05) is 6.92 Å². The third-order valence-electron chi connectivity index (χ3n) is 2.21. The predicted octanol–water partition coefficient (Wildman–Crippen LogP) is 2.89. The number of carbonyl (C=O) groups excluding carboxylic acids is 1. The highest BCUT2D eigenvalue weighted by Crippen LogP contribution is 2.29. The van der Waals surface area contributed by atoms with Crippen LogP contribution in [0.2, 0.25) is 0 Å². The van der Waals surface area contributed by atoms with E-state index in [4.69, 9.17) is 9.84 Å². The minimum Gasteiger partial charge on any atom is -0.479 e. The van der Waals surface area contributed by atoms with Crippen molar-refractivity contribution in [1.82, 2.24) is 0 Å². The smallest absolute Gasteiger partial charge is 0.344 e. The molecule has 0 spiro atoms. The second kappa shape index (κ2) is 6.39. The SMILES string of the molecule is CCCC(Oc1c(Br)cccc1C=O)C(=O)O. The summed E-state index contributed by atoms with van der Waals surface area (Å²) in [5.41, 5.74) is 0.335. The first-order valence-corrected chi connectivity index (χ1v) is 6.02. The Morgan fingerprint density at radius 3 is 2.82 bits per heavy atom. The van der Waals surface area contributed by atoms with Crippen LogP contribution in [-0.4, -0.2) is 23.5 Å². The number of ether oxygens (including phenoxy) is 1. The molecule has 1 N–H and O–H groups in total. The molecular formula is C12H13BrO4. The molecule has 0 saturated carbocycles. The molecule has 4 nitrogen and oxygen atoms in total. The van der Waals surface area contributed by atoms with Crippen molar-refractivity contribution in [3.05, 3.63) is 28.2 Å². The summed E-state index contributed by atoms with van der Waals surface area (Å²) >= 11 is 3.24. The molecule has 1 aromatic carbocycles. The standard InChI is InChI=1S/C12H13BrO4/c1-2-4-10(12(15)16)17-11-8(7-14)5-3-6-9(11)13/h3,5-7,10H,2,4H2,1H3,(H,15,16). The molecule has 0 bridgehead atoms. The maximum absolute atomic E-state index is 11.0. The molecule has 1 unspecified atom stereocenters. The average molecular weight is 301 g/mol. The first-order valence-electron chi connectivity index (χ1n) is 5.23. The van der Waals surface area contributed by atoms with Gasteiger partial charge in [-0.25, -0.2) is 4.79 Å². The monoisotopic (exact) mass is 300 g/mol. The summed E-state index contributed by atoms with van der Waals surface area (Å²) in [6.45, 7) is 1.87. The Hall–Kier alpha value is -1.36. The number of carbonyl (C=O) groups is 2. The largest absolute Gasteiger partial charge is 0.479 e. The van der Waals surface area contributed by atoms with Gasteiger partial charge in [0.05, 0.1) is 10.0 Å². The van der Waals surface area contributed by atoms with Gasteiger partial charge in [-0.1, -0.05) is 19.4 Å². The third-order valence-corrected chi connectivity index (χ3v) is 2.84. The molecule has 1 atom stereocenters. The van der Waals surface area contributed by atoms with E-state index in [9.17, 15) is 9.59 Å². The Morgan fingerprint density at radius 1 is 1.59 bits per heavy atom. The summed E-state index contributed by atoms with van der Waals surface area (Å²) < 4.78 is 5.97. The van der Waals surface area contributed by atoms with Crippen molar-refractivity contribution in [2.45, 2.75) is 25.9 Å². The van der Waals surface area contributed by atoms with Gasteiger partial charge in [-0.15, -0.1) is 0 Å². The highest BCUT2D eigenvalue weighted by molar-refractivity contribution is 9.10. The van der Waals surface area contributed by atoms with Gasteiger partial charge in [0.2, 0.25) is 0 Å². The van der Waals surface area contributed by atoms with Gasteiger partial charge >= 0.3 is 5.97 Å². The van der Waals surface area contributed by atoms with Gasteiger partial charge in [-0.05, 0) is 34.5 Å². The van der Waals surface area contributed by atoms with Crippen LogP contribution in [0.1, 0.15) is 30.1 Å². The second-order valence-corrected chi connectivity index (χ2v) is 4.36. The highest BCUT2D eigenvalue weighted by Gasteiger charge is 2.20. The van der Waals surface area contributed by atoms with Crippen molar-refractivity contribution in [2.75, 3.05) is 0 Å². The van der Waals surface area contributed by atoms with Crippen molar-refractivity contribution >= 4 is 28.2 Å². The Bertz CT molecular complexity index is 417. The van der Waals surface area contributed by atoms with Gasteiger partial charge in [0.1, 0.15) is 5.75 Å². The number of halogens is 1. The normalized spacial score (nSPS) is 11.9. The summed E-state index contributed by atoms with van der Waals surface area (Å²) in [6, 6.07) is 4.97. The van der Waals surface area contributed by atoms with Gasteiger partial charge in [-0.2, -0.15) is 0 Å². The molecule has 1 aromatic rings. The molecule has 0 radical (unpaired) electrons. The van der Waals surface area contributed by atoms with Crippen molar-refractivity contribution in [2.24, 2.45) is 0 Å². The predicted molar refractivity (Wildman–Crippen MR) is 66.5 cm³/mol. The van der Waals surface area contributed by atoms with Crippen LogP contribution in [0, 0.1) is 0 Å². The molecule has 0 aliphatic rings. The van der Waals surface area contributed by atoms with Gasteiger partial charge in [-0.3, -0.25) is 4.79 Å². The molecule has 1 rings (SSSR count). The molecule has 17 heavy (non-hydrogen) atoms. The van der Waals surface area contributed by atoms with E-state index in [1.165, 1.54) is 0 Å². The van der Waals surface area contributed by atoms with Crippen molar-refractivity contribution in [3.8, 4) is 5.75 Å². The number of benzene rings is 1. The van der Waals surface area contributed by atoms with Crippen LogP contribution < -0.4 is 4.74 Å². The number of carboxylic acids is 1. The van der Waals surface area contributed by atoms with Crippen LogP contribution in [0.3, 0.4) is 0 Å². The van der Waals surface area contributed by atoms with Gasteiger partial charge in [0, 0.05) is 0 Å². The minimum absolute atomic E-state index is 0.281. The van der Waals surface area contributed by atoms with Crippen molar-refractivity contribution < 1.29 is 19.4 Å². The zero-order chi connectivity index (χ0) is 12.8. The first-order chi connectivity index (χ1) is 8.10. The summed E-state index contributed by atoms with van der Waals surface area (Å²) in [5.74, 6) is -0.747. The van der Waals surface area contributed by atoms with Crippen LogP contribution >= 0.6 is 15.9 Å². The van der Waals surface area contributed by atoms with E-state index in [-0.39, 0.29) is 5.75 Å². The molecule has 0 aromatic heterocycles. The third kappa shape index (κ3) is 3.56. The molecule has 0 fully saturated rings. The Morgan fingerprint density at radius 2 is 2.29 bits per heavy atom. The Kier molecular flexibility index (Phi) is 5.15. The summed E-state index contributed by atoms with van der Waals surface area (Å²) in [7, 11) is 0. The van der Waals surface area contributed by atoms with Crippen LogP contribution in [-0.2, 0) is 4.79 Å². The molecule has 0 heterocycles. The fourth-order valence-electron chi connectivity index (χ4n) is 1.38. The average Bonchev–Trinajstić information content (AvgIpc) is 2.30. The molecule has 0 aliphatic carbocycles. The van der Waals surface area contributed by atoms with E-state index in [0.717, 1.165) is 0 Å². The zero-order valence-corrected chi connectivity index (χ0v) is 10.9. The maximum atomic E-state index is 11.0. The zero-order valence-electron chi connectivity index (χ0n) is 9.35.